The topological polar surface area (TPSA) is 113 Å². The number of thiophene rings is 1. The number of H-pyrrole nitrogens is 1. The molecule has 0 atom stereocenters. The number of furan rings is 1. The Labute approximate surface area is 180 Å². The highest BCUT2D eigenvalue weighted by Crippen LogP contribution is 2.28. The third kappa shape index (κ3) is 4.03. The molecule has 0 spiro atoms. The van der Waals surface area contributed by atoms with Crippen LogP contribution in [0.25, 0.3) is 10.7 Å². The number of aromatic nitrogens is 4. The number of amides is 1. The third-order valence-electron chi connectivity index (χ3n) is 4.64. The van der Waals surface area contributed by atoms with E-state index in [-0.39, 0.29) is 11.7 Å². The second-order valence-electron chi connectivity index (χ2n) is 6.49. The summed E-state index contributed by atoms with van der Waals surface area (Å²) in [5.74, 6) is 1.78. The van der Waals surface area contributed by atoms with Gasteiger partial charge in [0.2, 0.25) is 11.1 Å². The number of thioether (sulfide) groups is 1. The van der Waals surface area contributed by atoms with Crippen LogP contribution in [0.4, 0.5) is 5.82 Å². The third-order valence-corrected chi connectivity index (χ3v) is 6.37. The van der Waals surface area contributed by atoms with Crippen molar-refractivity contribution in [1.29, 1.82) is 5.26 Å². The Bertz CT molecular complexity index is 1200. The second-order valence-corrected chi connectivity index (χ2v) is 8.38. The summed E-state index contributed by atoms with van der Waals surface area (Å²) in [6, 6.07) is 9.76. The summed E-state index contributed by atoms with van der Waals surface area (Å²) < 4.78 is 7.32. The first kappa shape index (κ1) is 20.0. The van der Waals surface area contributed by atoms with Gasteiger partial charge in [-0.3, -0.25) is 9.89 Å². The van der Waals surface area contributed by atoms with Gasteiger partial charge < -0.3 is 14.3 Å². The Morgan fingerprint density at radius 1 is 1.40 bits per heavy atom. The molecule has 4 rings (SSSR count). The van der Waals surface area contributed by atoms with E-state index in [1.54, 1.807) is 17.6 Å². The lowest BCUT2D eigenvalue weighted by Crippen LogP contribution is -2.18. The number of anilines is 1. The van der Waals surface area contributed by atoms with Crippen molar-refractivity contribution in [2.45, 2.75) is 25.5 Å². The number of nitrogens with zero attached hydrogens (tertiary/aromatic N) is 4. The molecule has 0 saturated heterocycles. The van der Waals surface area contributed by atoms with Crippen LogP contribution in [0.2, 0.25) is 0 Å². The molecule has 0 fully saturated rings. The number of aromatic amines is 1. The molecule has 0 aliphatic rings. The van der Waals surface area contributed by atoms with Crippen molar-refractivity contribution in [3.8, 4) is 16.8 Å². The highest BCUT2D eigenvalue weighted by Gasteiger charge is 2.20. The maximum Gasteiger partial charge on any atom is 0.235 e. The monoisotopic (exact) mass is 438 g/mol. The molecule has 0 unspecified atom stereocenters. The van der Waals surface area contributed by atoms with Crippen molar-refractivity contribution < 1.29 is 9.21 Å². The van der Waals surface area contributed by atoms with Gasteiger partial charge in [-0.25, -0.2) is 4.98 Å². The van der Waals surface area contributed by atoms with Crippen LogP contribution in [-0.4, -0.2) is 31.4 Å². The molecule has 1 amide bonds. The highest BCUT2D eigenvalue weighted by atomic mass is 32.2. The summed E-state index contributed by atoms with van der Waals surface area (Å²) in [5.41, 5.74) is 2.19. The van der Waals surface area contributed by atoms with Crippen molar-refractivity contribution >= 4 is 34.8 Å². The van der Waals surface area contributed by atoms with Crippen LogP contribution in [0.15, 0.2) is 45.5 Å². The Hall–Kier alpha value is -3.29. The molecule has 30 heavy (non-hydrogen) atoms. The van der Waals surface area contributed by atoms with Gasteiger partial charge in [0.05, 0.1) is 29.0 Å². The lowest BCUT2D eigenvalue weighted by atomic mass is 10.2. The summed E-state index contributed by atoms with van der Waals surface area (Å²) in [6.45, 7) is 4.22. The van der Waals surface area contributed by atoms with Crippen molar-refractivity contribution in [2.75, 3.05) is 11.1 Å². The average Bonchev–Trinajstić information content (AvgIpc) is 3.53. The van der Waals surface area contributed by atoms with Gasteiger partial charge in [0.25, 0.3) is 0 Å². The minimum Gasteiger partial charge on any atom is -0.467 e. The Balaban J connectivity index is 1.47. The lowest BCUT2D eigenvalue weighted by Gasteiger charge is -2.11. The van der Waals surface area contributed by atoms with E-state index in [1.165, 1.54) is 11.8 Å². The van der Waals surface area contributed by atoms with Crippen LogP contribution >= 0.6 is 23.1 Å². The van der Waals surface area contributed by atoms with Crippen LogP contribution in [0.3, 0.4) is 0 Å². The molecule has 0 aliphatic carbocycles. The zero-order chi connectivity index (χ0) is 21.1. The molecule has 4 aromatic rings. The van der Waals surface area contributed by atoms with Gasteiger partial charge in [-0.15, -0.1) is 16.4 Å². The first-order valence-electron chi connectivity index (χ1n) is 9.08. The number of nitriles is 1. The van der Waals surface area contributed by atoms with E-state index in [0.717, 1.165) is 21.9 Å². The van der Waals surface area contributed by atoms with Gasteiger partial charge in [-0.1, -0.05) is 17.8 Å². The molecule has 0 aliphatic heterocycles. The Morgan fingerprint density at radius 3 is 2.97 bits per heavy atom. The van der Waals surface area contributed by atoms with Crippen LogP contribution in [0.5, 0.6) is 0 Å². The van der Waals surface area contributed by atoms with E-state index in [4.69, 9.17) is 4.42 Å². The molecular formula is C20H18N6O2S2. The fourth-order valence-corrected chi connectivity index (χ4v) is 4.28. The molecule has 152 valence electrons. The molecule has 0 saturated carbocycles. The van der Waals surface area contributed by atoms with Crippen LogP contribution in [-0.2, 0) is 11.3 Å². The maximum atomic E-state index is 12.6. The number of carbonyl (C=O) groups is 1. The SMILES string of the molecule is Cc1c(C#N)c(NC(=O)CSc2n[nH]c(-c3cccs3)n2)n(Cc2ccco2)c1C. The average molecular weight is 439 g/mol. The molecule has 10 heteroatoms. The predicted molar refractivity (Wildman–Crippen MR) is 115 cm³/mol. The van der Waals surface area contributed by atoms with Crippen molar-refractivity contribution in [1.82, 2.24) is 19.7 Å². The van der Waals surface area contributed by atoms with Crippen LogP contribution < -0.4 is 5.32 Å². The molecule has 8 nitrogen and oxygen atoms in total. The van der Waals surface area contributed by atoms with Gasteiger partial charge in [0.1, 0.15) is 17.6 Å². The smallest absolute Gasteiger partial charge is 0.235 e. The lowest BCUT2D eigenvalue weighted by molar-refractivity contribution is -0.113. The second kappa shape index (κ2) is 8.61. The summed E-state index contributed by atoms with van der Waals surface area (Å²) in [7, 11) is 0. The van der Waals surface area contributed by atoms with Crippen LogP contribution in [0.1, 0.15) is 22.6 Å². The van der Waals surface area contributed by atoms with Crippen molar-refractivity contribution in [2.24, 2.45) is 0 Å². The standard InChI is InChI=1S/C20H18N6O2S2/c1-12-13(2)26(10-14-5-3-7-28-14)19(15(12)9-21)22-17(27)11-30-20-23-18(24-25-20)16-6-4-8-29-16/h3-8H,10-11H2,1-2H3,(H,22,27)(H,23,24,25). The molecule has 0 aromatic carbocycles. The Kier molecular flexibility index (Phi) is 5.74. The number of hydrogen-bond donors (Lipinski definition) is 2. The minimum absolute atomic E-state index is 0.122. The van der Waals surface area contributed by atoms with Crippen molar-refractivity contribution in [3.05, 3.63) is 58.5 Å². The molecule has 4 aromatic heterocycles. The van der Waals surface area contributed by atoms with E-state index >= 15 is 0 Å². The summed E-state index contributed by atoms with van der Waals surface area (Å²) in [4.78, 5) is 18.0. The zero-order valence-electron chi connectivity index (χ0n) is 16.3. The highest BCUT2D eigenvalue weighted by molar-refractivity contribution is 7.99. The molecule has 2 N–H and O–H groups in total. The largest absolute Gasteiger partial charge is 0.467 e. The normalized spacial score (nSPS) is 10.8. The zero-order valence-corrected chi connectivity index (χ0v) is 17.9. The van der Waals surface area contributed by atoms with E-state index in [1.807, 2.05) is 48.1 Å². The predicted octanol–water partition coefficient (Wildman–Crippen LogP) is 4.20. The molecule has 4 heterocycles. The first-order chi connectivity index (χ1) is 14.6. The maximum absolute atomic E-state index is 12.6. The number of rotatable bonds is 7. The van der Waals surface area contributed by atoms with E-state index in [0.29, 0.717) is 28.9 Å². The molecule has 0 radical (unpaired) electrons. The van der Waals surface area contributed by atoms with Gasteiger partial charge in [0.15, 0.2) is 5.82 Å². The minimum atomic E-state index is -0.239. The quantitative estimate of drug-likeness (QED) is 0.418. The summed E-state index contributed by atoms with van der Waals surface area (Å²) in [6.07, 6.45) is 1.60. The summed E-state index contributed by atoms with van der Waals surface area (Å²) >= 11 is 2.79. The van der Waals surface area contributed by atoms with Gasteiger partial charge >= 0.3 is 0 Å². The van der Waals surface area contributed by atoms with Gasteiger partial charge in [0, 0.05) is 5.69 Å². The molecule has 0 bridgehead atoms. The van der Waals surface area contributed by atoms with E-state index in [2.05, 4.69) is 26.6 Å². The Morgan fingerprint density at radius 2 is 2.27 bits per heavy atom. The van der Waals surface area contributed by atoms with Crippen LogP contribution in [0, 0.1) is 25.2 Å². The number of carbonyl (C=O) groups excluding carboxylic acids is 1. The number of hydrogen-bond acceptors (Lipinski definition) is 7. The van der Waals surface area contributed by atoms with E-state index in [9.17, 15) is 10.1 Å². The fraction of sp³-hybridized carbons (Fsp3) is 0.200. The van der Waals surface area contributed by atoms with Crippen molar-refractivity contribution in [3.63, 3.8) is 0 Å². The number of nitrogens with one attached hydrogen (secondary N) is 2. The van der Waals surface area contributed by atoms with E-state index < -0.39 is 0 Å². The van der Waals surface area contributed by atoms with Gasteiger partial charge in [-0.05, 0) is 43.0 Å². The van der Waals surface area contributed by atoms with Gasteiger partial charge in [-0.2, -0.15) is 5.26 Å². The fourth-order valence-electron chi connectivity index (χ4n) is 3.02. The molecular weight excluding hydrogens is 420 g/mol. The first-order valence-corrected chi connectivity index (χ1v) is 10.9. The summed E-state index contributed by atoms with van der Waals surface area (Å²) in [5, 5.41) is 22.0.